The molecule has 0 aliphatic carbocycles. The van der Waals surface area contributed by atoms with Crippen LogP contribution in [0.5, 0.6) is 0 Å². The minimum atomic E-state index is -0.835. The van der Waals surface area contributed by atoms with Crippen LogP contribution in [0.25, 0.3) is 0 Å². The molecule has 104 valence electrons. The number of carbonyl (C=O) groups excluding carboxylic acids is 1. The number of carbonyl (C=O) groups is 2. The van der Waals surface area contributed by atoms with Crippen molar-refractivity contribution in [2.75, 3.05) is 53.5 Å². The van der Waals surface area contributed by atoms with Crippen molar-refractivity contribution in [3.05, 3.63) is 0 Å². The number of ether oxygens (including phenoxy) is 1. The number of likely N-dealkylation sites (N-methyl/N-ethyl adjacent to an activating group) is 1. The van der Waals surface area contributed by atoms with Gasteiger partial charge in [-0.05, 0) is 7.05 Å². The van der Waals surface area contributed by atoms with Crippen molar-refractivity contribution in [3.8, 4) is 0 Å². The lowest BCUT2D eigenvalue weighted by molar-refractivity contribution is -0.146. The van der Waals surface area contributed by atoms with E-state index >= 15 is 0 Å². The molecule has 1 aliphatic heterocycles. The highest BCUT2D eigenvalue weighted by Crippen LogP contribution is 2.14. The molecule has 1 aliphatic rings. The first-order chi connectivity index (χ1) is 8.54. The minimum absolute atomic E-state index is 0.187. The van der Waals surface area contributed by atoms with Crippen LogP contribution >= 0.6 is 0 Å². The summed E-state index contributed by atoms with van der Waals surface area (Å²) in [6, 6.07) is -0.187. The van der Waals surface area contributed by atoms with E-state index in [1.165, 1.54) is 4.90 Å². The van der Waals surface area contributed by atoms with E-state index in [1.807, 2.05) is 7.05 Å². The highest BCUT2D eigenvalue weighted by Gasteiger charge is 2.35. The van der Waals surface area contributed by atoms with Gasteiger partial charge in [-0.25, -0.2) is 4.79 Å². The number of rotatable bonds is 7. The normalized spacial score (nSPS) is 15.6. The summed E-state index contributed by atoms with van der Waals surface area (Å²) in [5, 5.41) is 11.5. The lowest BCUT2D eigenvalue weighted by Crippen LogP contribution is -2.56. The van der Waals surface area contributed by atoms with Crippen molar-refractivity contribution >= 4 is 12.0 Å². The fourth-order valence-corrected chi connectivity index (χ4v) is 1.63. The number of carboxylic acids is 1. The van der Waals surface area contributed by atoms with Crippen molar-refractivity contribution in [1.29, 1.82) is 0 Å². The maximum atomic E-state index is 11.6. The molecule has 1 heterocycles. The van der Waals surface area contributed by atoms with E-state index in [9.17, 15) is 9.59 Å². The fraction of sp³-hybridized carbons (Fsp3) is 0.818. The second kappa shape index (κ2) is 7.17. The van der Waals surface area contributed by atoms with Gasteiger partial charge in [0.1, 0.15) is 0 Å². The van der Waals surface area contributed by atoms with E-state index in [1.54, 1.807) is 7.11 Å². The van der Waals surface area contributed by atoms with Gasteiger partial charge in [0.05, 0.1) is 12.5 Å². The summed E-state index contributed by atoms with van der Waals surface area (Å²) in [4.78, 5) is 25.7. The Morgan fingerprint density at radius 2 is 2.11 bits per heavy atom. The Balaban J connectivity index is 2.06. The zero-order valence-corrected chi connectivity index (χ0v) is 10.9. The smallest absolute Gasteiger partial charge is 0.317 e. The minimum Gasteiger partial charge on any atom is -0.481 e. The molecule has 0 bridgehead atoms. The van der Waals surface area contributed by atoms with Crippen LogP contribution in [-0.4, -0.2) is 80.4 Å². The summed E-state index contributed by atoms with van der Waals surface area (Å²) < 4.78 is 4.95. The predicted octanol–water partition coefficient (Wildman–Crippen LogP) is -0.709. The quantitative estimate of drug-likeness (QED) is 0.631. The number of carboxylic acid groups (broad SMARTS) is 1. The Bertz CT molecular complexity index is 292. The molecule has 1 rings (SSSR count). The molecular weight excluding hydrogens is 238 g/mol. The average Bonchev–Trinajstić information content (AvgIpc) is 2.23. The first-order valence-corrected chi connectivity index (χ1v) is 5.97. The number of hydrogen-bond donors (Lipinski definition) is 2. The molecule has 2 amide bonds. The van der Waals surface area contributed by atoms with Gasteiger partial charge in [0, 0.05) is 39.8 Å². The third-order valence-corrected chi connectivity index (χ3v) is 2.96. The van der Waals surface area contributed by atoms with Crippen LogP contribution in [0.15, 0.2) is 0 Å². The van der Waals surface area contributed by atoms with E-state index in [0.29, 0.717) is 26.2 Å². The number of aliphatic carboxylic acids is 1. The molecule has 0 aromatic rings. The van der Waals surface area contributed by atoms with Gasteiger partial charge >= 0.3 is 12.0 Å². The first kappa shape index (κ1) is 14.7. The van der Waals surface area contributed by atoms with Crippen molar-refractivity contribution in [1.82, 2.24) is 15.1 Å². The second-order valence-corrected chi connectivity index (χ2v) is 4.47. The van der Waals surface area contributed by atoms with Gasteiger partial charge in [-0.1, -0.05) is 0 Å². The van der Waals surface area contributed by atoms with Crippen LogP contribution in [0.3, 0.4) is 0 Å². The molecule has 0 aromatic carbocycles. The van der Waals surface area contributed by atoms with E-state index in [-0.39, 0.29) is 6.03 Å². The van der Waals surface area contributed by atoms with Crippen LogP contribution < -0.4 is 5.32 Å². The molecule has 7 heteroatoms. The third kappa shape index (κ3) is 4.50. The lowest BCUT2D eigenvalue weighted by atomic mass is 10.0. The molecule has 0 atom stereocenters. The largest absolute Gasteiger partial charge is 0.481 e. The zero-order chi connectivity index (χ0) is 13.5. The first-order valence-electron chi connectivity index (χ1n) is 5.97. The Labute approximate surface area is 107 Å². The molecule has 18 heavy (non-hydrogen) atoms. The Kier molecular flexibility index (Phi) is 5.87. The number of nitrogens with one attached hydrogen (secondary N) is 1. The number of methoxy groups -OCH3 is 1. The van der Waals surface area contributed by atoms with Gasteiger partial charge in [-0.15, -0.1) is 0 Å². The number of urea groups is 1. The fourth-order valence-electron chi connectivity index (χ4n) is 1.63. The highest BCUT2D eigenvalue weighted by atomic mass is 16.5. The Morgan fingerprint density at radius 3 is 2.67 bits per heavy atom. The molecule has 7 nitrogen and oxygen atoms in total. The molecular formula is C11H21N3O4. The molecule has 1 saturated heterocycles. The van der Waals surface area contributed by atoms with Gasteiger partial charge in [0.25, 0.3) is 0 Å². The predicted molar refractivity (Wildman–Crippen MR) is 65.5 cm³/mol. The molecule has 0 radical (unpaired) electrons. The summed E-state index contributed by atoms with van der Waals surface area (Å²) in [7, 11) is 3.60. The summed E-state index contributed by atoms with van der Waals surface area (Å²) in [6.07, 6.45) is 0. The molecule has 0 aromatic heterocycles. The van der Waals surface area contributed by atoms with Crippen LogP contribution in [0.2, 0.25) is 0 Å². The highest BCUT2D eigenvalue weighted by molar-refractivity contribution is 5.79. The molecule has 0 saturated carbocycles. The average molecular weight is 259 g/mol. The van der Waals surface area contributed by atoms with Crippen molar-refractivity contribution < 1.29 is 19.4 Å². The van der Waals surface area contributed by atoms with Gasteiger partial charge < -0.3 is 25.0 Å². The summed E-state index contributed by atoms with van der Waals surface area (Å²) >= 11 is 0. The SMILES string of the molecule is COCCN(C)CCNC(=O)N1CC(C(=O)O)C1. The van der Waals surface area contributed by atoms with E-state index < -0.39 is 11.9 Å². The van der Waals surface area contributed by atoms with Crippen molar-refractivity contribution in [3.63, 3.8) is 0 Å². The number of likely N-dealkylation sites (tertiary alicyclic amines) is 1. The van der Waals surface area contributed by atoms with Crippen LogP contribution in [-0.2, 0) is 9.53 Å². The van der Waals surface area contributed by atoms with E-state index in [4.69, 9.17) is 9.84 Å². The van der Waals surface area contributed by atoms with Crippen LogP contribution in [0, 0.1) is 5.92 Å². The molecule has 1 fully saturated rings. The maximum Gasteiger partial charge on any atom is 0.317 e. The maximum absolute atomic E-state index is 11.6. The lowest BCUT2D eigenvalue weighted by Gasteiger charge is -2.36. The van der Waals surface area contributed by atoms with Gasteiger partial charge in [-0.2, -0.15) is 0 Å². The Hall–Kier alpha value is -1.34. The van der Waals surface area contributed by atoms with Crippen molar-refractivity contribution in [2.24, 2.45) is 5.92 Å². The van der Waals surface area contributed by atoms with Gasteiger partial charge in [0.2, 0.25) is 0 Å². The van der Waals surface area contributed by atoms with Crippen LogP contribution in [0.4, 0.5) is 4.79 Å². The second-order valence-electron chi connectivity index (χ2n) is 4.47. The van der Waals surface area contributed by atoms with E-state index in [0.717, 1.165) is 13.1 Å². The summed E-state index contributed by atoms with van der Waals surface area (Å²) in [5.74, 6) is -1.24. The number of amides is 2. The number of nitrogens with zero attached hydrogens (tertiary/aromatic N) is 2. The molecule has 2 N–H and O–H groups in total. The standard InChI is InChI=1S/C11H21N3O4/c1-13(5-6-18-2)4-3-12-11(17)14-7-9(8-14)10(15)16/h9H,3-8H2,1-2H3,(H,12,17)(H,15,16). The topological polar surface area (TPSA) is 82.1 Å². The Morgan fingerprint density at radius 1 is 1.44 bits per heavy atom. The molecule has 0 spiro atoms. The summed E-state index contributed by atoms with van der Waals surface area (Å²) in [5.41, 5.74) is 0. The third-order valence-electron chi connectivity index (χ3n) is 2.96. The number of hydrogen-bond acceptors (Lipinski definition) is 4. The van der Waals surface area contributed by atoms with E-state index in [2.05, 4.69) is 10.2 Å². The van der Waals surface area contributed by atoms with Gasteiger partial charge in [0.15, 0.2) is 0 Å². The monoisotopic (exact) mass is 259 g/mol. The van der Waals surface area contributed by atoms with Crippen molar-refractivity contribution in [2.45, 2.75) is 0 Å². The molecule has 0 unspecified atom stereocenters. The van der Waals surface area contributed by atoms with Crippen LogP contribution in [0.1, 0.15) is 0 Å². The summed E-state index contributed by atoms with van der Waals surface area (Å²) in [6.45, 7) is 3.38. The van der Waals surface area contributed by atoms with Gasteiger partial charge in [-0.3, -0.25) is 4.79 Å². The zero-order valence-electron chi connectivity index (χ0n) is 10.9.